The zero-order valence-corrected chi connectivity index (χ0v) is 14.9. The Kier molecular flexibility index (Phi) is 5.51. The van der Waals surface area contributed by atoms with Crippen molar-refractivity contribution in [3.63, 3.8) is 0 Å². The van der Waals surface area contributed by atoms with Gasteiger partial charge in [0.15, 0.2) is 0 Å². The number of rotatable bonds is 8. The Bertz CT molecular complexity index is 788. The average Bonchev–Trinajstić information content (AvgIpc) is 3.46. The minimum atomic E-state index is -0.428. The topological polar surface area (TPSA) is 75.5 Å². The molecule has 0 saturated heterocycles. The van der Waals surface area contributed by atoms with Gasteiger partial charge in [0.1, 0.15) is 5.69 Å². The lowest BCUT2D eigenvalue weighted by molar-refractivity contribution is -0.384. The molecule has 1 fully saturated rings. The Morgan fingerprint density at radius 2 is 1.96 bits per heavy atom. The minimum Gasteiger partial charge on any atom is -0.377 e. The van der Waals surface area contributed by atoms with Crippen LogP contribution in [-0.2, 0) is 6.54 Å². The summed E-state index contributed by atoms with van der Waals surface area (Å²) in [6.07, 6.45) is 2.88. The molecule has 1 N–H and O–H groups in total. The van der Waals surface area contributed by atoms with Crippen LogP contribution in [0.15, 0.2) is 48.5 Å². The molecule has 2 aromatic carbocycles. The average molecular weight is 353 g/mol. The molecule has 0 aliphatic heterocycles. The maximum atomic E-state index is 12.9. The fourth-order valence-corrected chi connectivity index (χ4v) is 2.89. The molecule has 1 saturated carbocycles. The van der Waals surface area contributed by atoms with Gasteiger partial charge in [0, 0.05) is 30.8 Å². The summed E-state index contributed by atoms with van der Waals surface area (Å²) in [4.78, 5) is 25.7. The second-order valence-electron chi connectivity index (χ2n) is 6.62. The second kappa shape index (κ2) is 7.99. The van der Waals surface area contributed by atoms with Gasteiger partial charge in [-0.25, -0.2) is 0 Å². The van der Waals surface area contributed by atoms with Gasteiger partial charge in [-0.1, -0.05) is 37.3 Å². The van der Waals surface area contributed by atoms with E-state index in [1.807, 2.05) is 37.3 Å². The van der Waals surface area contributed by atoms with E-state index < -0.39 is 4.92 Å². The summed E-state index contributed by atoms with van der Waals surface area (Å²) in [6, 6.07) is 14.8. The second-order valence-corrected chi connectivity index (χ2v) is 6.62. The van der Waals surface area contributed by atoms with Gasteiger partial charge in [0.05, 0.1) is 4.92 Å². The summed E-state index contributed by atoms with van der Waals surface area (Å²) in [5.74, 6) is -0.184. The van der Waals surface area contributed by atoms with Gasteiger partial charge >= 0.3 is 0 Å². The van der Waals surface area contributed by atoms with E-state index >= 15 is 0 Å². The maximum absolute atomic E-state index is 12.9. The first-order chi connectivity index (χ1) is 12.6. The molecule has 0 heterocycles. The molecule has 26 heavy (non-hydrogen) atoms. The van der Waals surface area contributed by atoms with Crippen LogP contribution in [-0.4, -0.2) is 28.3 Å². The molecule has 6 nitrogen and oxygen atoms in total. The molecule has 2 aromatic rings. The van der Waals surface area contributed by atoms with E-state index in [9.17, 15) is 14.9 Å². The van der Waals surface area contributed by atoms with E-state index in [0.717, 1.165) is 24.8 Å². The van der Waals surface area contributed by atoms with E-state index in [4.69, 9.17) is 0 Å². The smallest absolute Gasteiger partial charge is 0.293 e. The van der Waals surface area contributed by atoms with Crippen molar-refractivity contribution in [1.29, 1.82) is 0 Å². The molecule has 0 spiro atoms. The highest BCUT2D eigenvalue weighted by Gasteiger charge is 2.26. The van der Waals surface area contributed by atoms with Gasteiger partial charge in [-0.05, 0) is 37.0 Å². The molecule has 3 rings (SSSR count). The first-order valence-corrected chi connectivity index (χ1v) is 8.96. The van der Waals surface area contributed by atoms with Crippen LogP contribution < -0.4 is 5.32 Å². The van der Waals surface area contributed by atoms with Crippen LogP contribution in [0.5, 0.6) is 0 Å². The number of nitrogens with zero attached hydrogens (tertiary/aromatic N) is 2. The molecule has 6 heteroatoms. The largest absolute Gasteiger partial charge is 0.377 e. The van der Waals surface area contributed by atoms with Crippen molar-refractivity contribution in [1.82, 2.24) is 4.90 Å². The summed E-state index contributed by atoms with van der Waals surface area (Å²) in [5.41, 5.74) is 1.83. The van der Waals surface area contributed by atoms with Crippen LogP contribution in [0.4, 0.5) is 11.4 Å². The molecule has 0 unspecified atom stereocenters. The lowest BCUT2D eigenvalue weighted by Crippen LogP contribution is -2.31. The van der Waals surface area contributed by atoms with Crippen LogP contribution in [0, 0.1) is 10.1 Å². The van der Waals surface area contributed by atoms with Crippen molar-refractivity contribution in [3.8, 4) is 0 Å². The van der Waals surface area contributed by atoms with Crippen molar-refractivity contribution in [2.45, 2.75) is 38.8 Å². The number of amides is 1. The molecule has 136 valence electrons. The fraction of sp³-hybridized carbons (Fsp3) is 0.350. The standard InChI is InChI=1S/C20H23N3O3/c1-2-12-22(14-15-6-4-3-5-7-15)20(24)16-8-11-18(21-17-9-10-17)19(13-16)23(25)26/h3-8,11,13,17,21H,2,9-10,12,14H2,1H3. The molecule has 1 aliphatic rings. The molecular weight excluding hydrogens is 330 g/mol. The van der Waals surface area contributed by atoms with Crippen molar-refractivity contribution >= 4 is 17.3 Å². The van der Waals surface area contributed by atoms with E-state index in [1.54, 1.807) is 17.0 Å². The van der Waals surface area contributed by atoms with Crippen molar-refractivity contribution in [3.05, 3.63) is 69.8 Å². The normalized spacial score (nSPS) is 13.3. The zero-order valence-electron chi connectivity index (χ0n) is 14.9. The first kappa shape index (κ1) is 17.9. The van der Waals surface area contributed by atoms with Gasteiger partial charge in [0.2, 0.25) is 0 Å². The predicted octanol–water partition coefficient (Wildman–Crippen LogP) is 4.22. The minimum absolute atomic E-state index is 0.0427. The van der Waals surface area contributed by atoms with Crippen LogP contribution in [0.1, 0.15) is 42.1 Å². The third kappa shape index (κ3) is 4.39. The number of nitrogens with one attached hydrogen (secondary N) is 1. The number of carbonyl (C=O) groups excluding carboxylic acids is 1. The number of anilines is 1. The van der Waals surface area contributed by atoms with Crippen LogP contribution >= 0.6 is 0 Å². The van der Waals surface area contributed by atoms with Gasteiger partial charge < -0.3 is 10.2 Å². The van der Waals surface area contributed by atoms with Crippen LogP contribution in [0.3, 0.4) is 0 Å². The summed E-state index contributed by atoms with van der Waals surface area (Å²) in [5, 5.41) is 14.6. The molecular formula is C20H23N3O3. The van der Waals surface area contributed by atoms with Gasteiger partial charge in [-0.15, -0.1) is 0 Å². The quantitative estimate of drug-likeness (QED) is 0.569. The number of hydrogen-bond acceptors (Lipinski definition) is 4. The molecule has 0 radical (unpaired) electrons. The van der Waals surface area contributed by atoms with E-state index in [0.29, 0.717) is 30.4 Å². The highest BCUT2D eigenvalue weighted by atomic mass is 16.6. The van der Waals surface area contributed by atoms with Crippen LogP contribution in [0.25, 0.3) is 0 Å². The number of benzene rings is 2. The molecule has 0 aromatic heterocycles. The number of nitro groups is 1. The Morgan fingerprint density at radius 3 is 2.58 bits per heavy atom. The molecule has 0 atom stereocenters. The predicted molar refractivity (Wildman–Crippen MR) is 101 cm³/mol. The number of carbonyl (C=O) groups is 1. The molecule has 1 aliphatic carbocycles. The first-order valence-electron chi connectivity index (χ1n) is 8.96. The van der Waals surface area contributed by atoms with E-state index in [2.05, 4.69) is 5.32 Å². The maximum Gasteiger partial charge on any atom is 0.293 e. The summed E-state index contributed by atoms with van der Waals surface area (Å²) >= 11 is 0. The van der Waals surface area contributed by atoms with E-state index in [-0.39, 0.29) is 11.6 Å². The molecule has 1 amide bonds. The Balaban J connectivity index is 1.83. The third-order valence-corrected chi connectivity index (χ3v) is 4.38. The number of hydrogen-bond donors (Lipinski definition) is 1. The lowest BCUT2D eigenvalue weighted by atomic mass is 10.1. The van der Waals surface area contributed by atoms with E-state index in [1.165, 1.54) is 6.07 Å². The van der Waals surface area contributed by atoms with Gasteiger partial charge in [-0.2, -0.15) is 0 Å². The Morgan fingerprint density at radius 1 is 1.23 bits per heavy atom. The molecule has 0 bridgehead atoms. The SMILES string of the molecule is CCCN(Cc1ccccc1)C(=O)c1ccc(NC2CC2)c([N+](=O)[O-])c1. The third-order valence-electron chi connectivity index (χ3n) is 4.38. The summed E-state index contributed by atoms with van der Waals surface area (Å²) < 4.78 is 0. The summed E-state index contributed by atoms with van der Waals surface area (Å²) in [7, 11) is 0. The van der Waals surface area contributed by atoms with Crippen molar-refractivity contribution < 1.29 is 9.72 Å². The summed E-state index contributed by atoms with van der Waals surface area (Å²) in [6.45, 7) is 3.10. The Labute approximate surface area is 153 Å². The fourth-order valence-electron chi connectivity index (χ4n) is 2.89. The highest BCUT2D eigenvalue weighted by Crippen LogP contribution is 2.32. The van der Waals surface area contributed by atoms with Crippen molar-refractivity contribution in [2.75, 3.05) is 11.9 Å². The van der Waals surface area contributed by atoms with Gasteiger partial charge in [0.25, 0.3) is 11.6 Å². The zero-order chi connectivity index (χ0) is 18.5. The van der Waals surface area contributed by atoms with Crippen LogP contribution in [0.2, 0.25) is 0 Å². The number of nitro benzene ring substituents is 1. The van der Waals surface area contributed by atoms with Gasteiger partial charge in [-0.3, -0.25) is 14.9 Å². The highest BCUT2D eigenvalue weighted by molar-refractivity contribution is 5.95. The lowest BCUT2D eigenvalue weighted by Gasteiger charge is -2.22. The Hall–Kier alpha value is -2.89. The monoisotopic (exact) mass is 353 g/mol. The van der Waals surface area contributed by atoms with Crippen molar-refractivity contribution in [2.24, 2.45) is 0 Å².